The van der Waals surface area contributed by atoms with Gasteiger partial charge in [-0.3, -0.25) is 4.57 Å². The lowest BCUT2D eigenvalue weighted by Crippen LogP contribution is -2.07. The molecule has 0 radical (unpaired) electrons. The molecule has 5 nitrogen and oxygen atoms in total. The topological polar surface area (TPSA) is 48.5 Å². The van der Waals surface area contributed by atoms with E-state index in [2.05, 4.69) is 258 Å². The largest absolute Gasteiger partial charge is 0.307 e. The highest BCUT2D eigenvalue weighted by Gasteiger charge is 2.25. The number of rotatable bonds is 9. The summed E-state index contributed by atoms with van der Waals surface area (Å²) >= 11 is 0. The van der Waals surface area contributed by atoms with Crippen LogP contribution in [0.1, 0.15) is 0 Å². The van der Waals surface area contributed by atoms with Gasteiger partial charge in [-0.1, -0.05) is 237 Å². The maximum atomic E-state index is 5.51. The Morgan fingerprint density at radius 3 is 1.26 bits per heavy atom. The van der Waals surface area contributed by atoms with E-state index in [0.717, 1.165) is 99.4 Å². The minimum absolute atomic E-state index is 0.541. The van der Waals surface area contributed by atoms with E-state index in [-0.39, 0.29) is 0 Å². The molecule has 346 valence electrons. The molecule has 0 N–H and O–H groups in total. The summed E-state index contributed by atoms with van der Waals surface area (Å²) in [6.07, 6.45) is 0. The van der Waals surface area contributed by atoms with Gasteiger partial charge in [0.25, 0.3) is 0 Å². The lowest BCUT2D eigenvalue weighted by Gasteiger charge is -2.16. The molecule has 11 aromatic carbocycles. The first-order chi connectivity index (χ1) is 36.7. The Labute approximate surface area is 428 Å². The van der Waals surface area contributed by atoms with Gasteiger partial charge in [0.05, 0.1) is 22.1 Å². The highest BCUT2D eigenvalue weighted by atomic mass is 15.2. The standard InChI is InChI=1S/C69H45N5/c1-5-20-46(21-6-1)48-36-38-49(39-37-48)52-28-19-29-53(42-52)55-43-54(47-22-7-2-8-23-47)44-56(45-55)73-63-34-17-15-31-58(63)60-40-41-61-59-32-16-18-35-64(59)74(66(61)65(60)73)69-71-67(51-26-11-4-12-27-51)70-68(72-69)62-33-14-13-30-57(62)50-24-9-3-10-25-50/h1-45H. The monoisotopic (exact) mass is 943 g/mol. The Morgan fingerprint density at radius 2 is 0.635 bits per heavy atom. The van der Waals surface area contributed by atoms with E-state index in [1.807, 2.05) is 24.3 Å². The van der Waals surface area contributed by atoms with Gasteiger partial charge in [0, 0.05) is 38.4 Å². The summed E-state index contributed by atoms with van der Waals surface area (Å²) in [5.74, 6) is 1.74. The highest BCUT2D eigenvalue weighted by molar-refractivity contribution is 6.23. The number of fused-ring (bicyclic) bond motifs is 7. The summed E-state index contributed by atoms with van der Waals surface area (Å²) < 4.78 is 4.75. The van der Waals surface area contributed by atoms with Crippen LogP contribution in [0, 0.1) is 0 Å². The number of nitrogens with zero attached hydrogens (tertiary/aromatic N) is 5. The van der Waals surface area contributed by atoms with Crippen molar-refractivity contribution < 1.29 is 0 Å². The lowest BCUT2D eigenvalue weighted by molar-refractivity contribution is 0.953. The SMILES string of the molecule is c1ccc(-c2ccc(-c3cccc(-c4cc(-c5ccccc5)cc(-n5c6ccccc6c6ccc7c8ccccc8n(-c8nc(-c9ccccc9)nc(-c9ccccc9-c9ccccc9)n8)c7c65)c4)c3)cc2)cc1. The van der Waals surface area contributed by atoms with Gasteiger partial charge >= 0.3 is 0 Å². The molecule has 0 bridgehead atoms. The third-order valence-corrected chi connectivity index (χ3v) is 14.4. The first-order valence-electron chi connectivity index (χ1n) is 25.1. The Bertz CT molecular complexity index is 4390. The molecule has 14 rings (SSSR count). The van der Waals surface area contributed by atoms with Crippen LogP contribution in [0.3, 0.4) is 0 Å². The molecule has 0 saturated carbocycles. The first-order valence-corrected chi connectivity index (χ1v) is 25.1. The molecule has 0 unspecified atom stereocenters. The Hall–Kier alpha value is -9.97. The van der Waals surface area contributed by atoms with Gasteiger partial charge in [-0.15, -0.1) is 0 Å². The van der Waals surface area contributed by atoms with Crippen LogP contribution >= 0.6 is 0 Å². The zero-order valence-corrected chi connectivity index (χ0v) is 40.2. The van der Waals surface area contributed by atoms with Gasteiger partial charge in [0.15, 0.2) is 11.6 Å². The summed E-state index contributed by atoms with van der Waals surface area (Å²) in [6, 6.07) is 97.3. The lowest BCUT2D eigenvalue weighted by atomic mass is 9.94. The highest BCUT2D eigenvalue weighted by Crippen LogP contribution is 2.43. The third kappa shape index (κ3) is 7.46. The van der Waals surface area contributed by atoms with E-state index in [4.69, 9.17) is 15.0 Å². The van der Waals surface area contributed by atoms with E-state index in [1.54, 1.807) is 0 Å². The molecule has 3 aromatic heterocycles. The molecule has 0 spiro atoms. The quantitative estimate of drug-likeness (QED) is 0.145. The second-order valence-corrected chi connectivity index (χ2v) is 18.8. The summed E-state index contributed by atoms with van der Waals surface area (Å²) in [4.78, 5) is 16.2. The molecule has 0 aliphatic rings. The molecule has 0 aliphatic carbocycles. The molecule has 74 heavy (non-hydrogen) atoms. The average Bonchev–Trinajstić information content (AvgIpc) is 4.02. The van der Waals surface area contributed by atoms with E-state index in [0.29, 0.717) is 17.6 Å². The maximum absolute atomic E-state index is 5.51. The van der Waals surface area contributed by atoms with Crippen LogP contribution in [0.4, 0.5) is 0 Å². The fraction of sp³-hybridized carbons (Fsp3) is 0. The van der Waals surface area contributed by atoms with Gasteiger partial charge < -0.3 is 4.57 Å². The van der Waals surface area contributed by atoms with Crippen LogP contribution in [0.25, 0.3) is 134 Å². The van der Waals surface area contributed by atoms with Crippen molar-refractivity contribution in [3.05, 3.63) is 273 Å². The minimum Gasteiger partial charge on any atom is -0.307 e. The van der Waals surface area contributed by atoms with Crippen LogP contribution in [0.15, 0.2) is 273 Å². The van der Waals surface area contributed by atoms with E-state index in [9.17, 15) is 0 Å². The molecule has 14 aromatic rings. The van der Waals surface area contributed by atoms with Crippen molar-refractivity contribution in [3.63, 3.8) is 0 Å². The zero-order valence-electron chi connectivity index (χ0n) is 40.2. The smallest absolute Gasteiger partial charge is 0.238 e. The predicted octanol–water partition coefficient (Wildman–Crippen LogP) is 17.7. The number of benzene rings is 11. The van der Waals surface area contributed by atoms with Crippen molar-refractivity contribution in [2.75, 3.05) is 0 Å². The van der Waals surface area contributed by atoms with Gasteiger partial charge in [-0.2, -0.15) is 9.97 Å². The molecule has 3 heterocycles. The van der Waals surface area contributed by atoms with Crippen molar-refractivity contribution >= 4 is 43.6 Å². The van der Waals surface area contributed by atoms with E-state index >= 15 is 0 Å². The summed E-state index contributed by atoms with van der Waals surface area (Å²) in [5, 5.41) is 4.51. The number of hydrogen-bond acceptors (Lipinski definition) is 3. The van der Waals surface area contributed by atoms with Crippen molar-refractivity contribution in [1.29, 1.82) is 0 Å². The number of hydrogen-bond donors (Lipinski definition) is 0. The summed E-state index contributed by atoms with van der Waals surface area (Å²) in [7, 11) is 0. The summed E-state index contributed by atoms with van der Waals surface area (Å²) in [5.41, 5.74) is 18.5. The molecule has 0 aliphatic heterocycles. The second-order valence-electron chi connectivity index (χ2n) is 18.8. The normalized spacial score (nSPS) is 11.5. The number of aromatic nitrogens is 5. The van der Waals surface area contributed by atoms with Crippen molar-refractivity contribution in [2.45, 2.75) is 0 Å². The Kier molecular flexibility index (Phi) is 10.4. The fourth-order valence-electron chi connectivity index (χ4n) is 10.9. The van der Waals surface area contributed by atoms with Crippen LogP contribution in [-0.4, -0.2) is 24.1 Å². The molecule has 5 heteroatoms. The van der Waals surface area contributed by atoms with Gasteiger partial charge in [-0.05, 0) is 92.0 Å². The van der Waals surface area contributed by atoms with Crippen LogP contribution in [0.2, 0.25) is 0 Å². The average molecular weight is 944 g/mol. The molecule has 0 saturated heterocycles. The summed E-state index contributed by atoms with van der Waals surface area (Å²) in [6.45, 7) is 0. The minimum atomic E-state index is 0.541. The zero-order chi connectivity index (χ0) is 49.0. The molecular weight excluding hydrogens is 899 g/mol. The van der Waals surface area contributed by atoms with Gasteiger partial charge in [0.2, 0.25) is 5.95 Å². The molecule has 0 amide bonds. The van der Waals surface area contributed by atoms with Crippen LogP contribution < -0.4 is 0 Å². The van der Waals surface area contributed by atoms with Crippen molar-refractivity contribution in [3.8, 4) is 90.0 Å². The molecule has 0 atom stereocenters. The van der Waals surface area contributed by atoms with Gasteiger partial charge in [0.1, 0.15) is 0 Å². The molecule has 0 fully saturated rings. The molecular formula is C69H45N5. The Balaban J connectivity index is 1.03. The van der Waals surface area contributed by atoms with E-state index in [1.165, 1.54) is 16.7 Å². The third-order valence-electron chi connectivity index (χ3n) is 14.4. The first kappa shape index (κ1) is 42.9. The number of para-hydroxylation sites is 2. The maximum Gasteiger partial charge on any atom is 0.238 e. The van der Waals surface area contributed by atoms with Crippen molar-refractivity contribution in [2.24, 2.45) is 0 Å². The second kappa shape index (κ2) is 18.0. The van der Waals surface area contributed by atoms with Gasteiger partial charge in [-0.25, -0.2) is 4.98 Å². The van der Waals surface area contributed by atoms with Crippen LogP contribution in [-0.2, 0) is 0 Å². The van der Waals surface area contributed by atoms with E-state index < -0.39 is 0 Å². The Morgan fingerprint density at radius 1 is 0.230 bits per heavy atom. The predicted molar refractivity (Wildman–Crippen MR) is 307 cm³/mol. The fourth-order valence-corrected chi connectivity index (χ4v) is 10.9. The van der Waals surface area contributed by atoms with Crippen molar-refractivity contribution in [1.82, 2.24) is 24.1 Å². The van der Waals surface area contributed by atoms with Crippen LogP contribution in [0.5, 0.6) is 0 Å².